The normalized spacial score (nSPS) is 23.0. The van der Waals surface area contributed by atoms with Crippen LogP contribution in [0.5, 0.6) is 0 Å². The summed E-state index contributed by atoms with van der Waals surface area (Å²) >= 11 is 0. The monoisotopic (exact) mass is 201 g/mol. The van der Waals surface area contributed by atoms with Crippen LogP contribution < -0.4 is 11.1 Å². The van der Waals surface area contributed by atoms with Crippen molar-refractivity contribution >= 4 is 5.91 Å². The van der Waals surface area contributed by atoms with Gasteiger partial charge < -0.3 is 16.2 Å². The van der Waals surface area contributed by atoms with Crippen molar-refractivity contribution in [1.29, 1.82) is 0 Å². The first-order valence-electron chi connectivity index (χ1n) is 5.09. The molecule has 0 aromatic rings. The lowest BCUT2D eigenvalue weighted by molar-refractivity contribution is -0.163. The van der Waals surface area contributed by atoms with E-state index < -0.39 is 11.6 Å². The molecule has 0 spiro atoms. The minimum atomic E-state index is -1.45. The molecule has 4 N–H and O–H groups in total. The largest absolute Gasteiger partial charge is 0.367 e. The van der Waals surface area contributed by atoms with Crippen LogP contribution in [0, 0.1) is 0 Å². The molecule has 1 atom stereocenters. The lowest BCUT2D eigenvalue weighted by Gasteiger charge is -2.39. The van der Waals surface area contributed by atoms with Crippen LogP contribution in [0.4, 0.5) is 0 Å². The van der Waals surface area contributed by atoms with E-state index in [-0.39, 0.29) is 0 Å². The minimum Gasteiger partial charge on any atom is -0.367 e. The van der Waals surface area contributed by atoms with Crippen molar-refractivity contribution in [3.63, 3.8) is 0 Å². The molecule has 0 aromatic heterocycles. The van der Waals surface area contributed by atoms with E-state index in [0.29, 0.717) is 19.5 Å². The van der Waals surface area contributed by atoms with E-state index in [1.165, 1.54) is 0 Å². The Bertz CT molecular complexity index is 204. The number of primary amides is 1. The Balaban J connectivity index is 2.69. The Morgan fingerprint density at radius 2 is 2.14 bits per heavy atom. The number of carbonyl (C=O) groups excluding carboxylic acids is 1. The highest BCUT2D eigenvalue weighted by Gasteiger charge is 2.39. The highest BCUT2D eigenvalue weighted by molar-refractivity contribution is 5.82. The first-order valence-corrected chi connectivity index (χ1v) is 5.09. The molecule has 1 heterocycles. The SMILES string of the molecule is CCCC(O)(C(N)=O)N1CCNCC1. The summed E-state index contributed by atoms with van der Waals surface area (Å²) in [6.45, 7) is 4.84. The Kier molecular flexibility index (Phi) is 3.86. The van der Waals surface area contributed by atoms with Crippen LogP contribution in [0.15, 0.2) is 0 Å². The number of rotatable bonds is 4. The summed E-state index contributed by atoms with van der Waals surface area (Å²) in [7, 11) is 0. The summed E-state index contributed by atoms with van der Waals surface area (Å²) in [6, 6.07) is 0. The molecule has 0 aromatic carbocycles. The second kappa shape index (κ2) is 4.72. The van der Waals surface area contributed by atoms with Gasteiger partial charge in [-0.15, -0.1) is 0 Å². The van der Waals surface area contributed by atoms with Crippen molar-refractivity contribution in [3.05, 3.63) is 0 Å². The van der Waals surface area contributed by atoms with Gasteiger partial charge in [-0.25, -0.2) is 0 Å². The summed E-state index contributed by atoms with van der Waals surface area (Å²) in [5.74, 6) is -0.638. The Hall–Kier alpha value is -0.650. The summed E-state index contributed by atoms with van der Waals surface area (Å²) < 4.78 is 0. The standard InChI is InChI=1S/C9H19N3O2/c1-2-3-9(14,8(10)13)12-6-4-11-5-7-12/h11,14H,2-7H2,1H3,(H2,10,13). The molecular formula is C9H19N3O2. The van der Waals surface area contributed by atoms with E-state index in [4.69, 9.17) is 5.73 Å². The number of hydrogen-bond acceptors (Lipinski definition) is 4. The molecule has 1 rings (SSSR count). The quantitative estimate of drug-likeness (QED) is 0.537. The van der Waals surface area contributed by atoms with Crippen molar-refractivity contribution in [2.24, 2.45) is 5.73 Å². The predicted octanol–water partition coefficient (Wildman–Crippen LogP) is -1.13. The molecular weight excluding hydrogens is 182 g/mol. The maximum Gasteiger partial charge on any atom is 0.264 e. The Labute approximate surface area is 84.3 Å². The lowest BCUT2D eigenvalue weighted by Crippen LogP contribution is -2.62. The van der Waals surface area contributed by atoms with Crippen molar-refractivity contribution in [3.8, 4) is 0 Å². The van der Waals surface area contributed by atoms with E-state index in [1.54, 1.807) is 4.90 Å². The van der Waals surface area contributed by atoms with Gasteiger partial charge in [0.05, 0.1) is 0 Å². The molecule has 0 radical (unpaired) electrons. The number of hydrogen-bond donors (Lipinski definition) is 3. The van der Waals surface area contributed by atoms with Gasteiger partial charge in [0.1, 0.15) is 0 Å². The molecule has 1 fully saturated rings. The first-order chi connectivity index (χ1) is 6.61. The van der Waals surface area contributed by atoms with E-state index in [2.05, 4.69) is 5.32 Å². The van der Waals surface area contributed by atoms with Gasteiger partial charge in [-0.2, -0.15) is 0 Å². The molecule has 5 heteroatoms. The fraction of sp³-hybridized carbons (Fsp3) is 0.889. The molecule has 1 saturated heterocycles. The number of amides is 1. The van der Waals surface area contributed by atoms with Crippen LogP contribution in [0.1, 0.15) is 19.8 Å². The lowest BCUT2D eigenvalue weighted by atomic mass is 10.0. The highest BCUT2D eigenvalue weighted by atomic mass is 16.3. The molecule has 0 aliphatic carbocycles. The third-order valence-electron chi connectivity index (χ3n) is 2.63. The fourth-order valence-corrected chi connectivity index (χ4v) is 1.82. The molecule has 1 unspecified atom stereocenters. The Morgan fingerprint density at radius 1 is 1.57 bits per heavy atom. The third kappa shape index (κ3) is 2.23. The zero-order chi connectivity index (χ0) is 10.6. The van der Waals surface area contributed by atoms with E-state index in [9.17, 15) is 9.90 Å². The summed E-state index contributed by atoms with van der Waals surface area (Å²) in [5.41, 5.74) is 3.79. The topological polar surface area (TPSA) is 78.6 Å². The average molecular weight is 201 g/mol. The van der Waals surface area contributed by atoms with Crippen LogP contribution >= 0.6 is 0 Å². The number of piperazine rings is 1. The van der Waals surface area contributed by atoms with Crippen LogP contribution in [-0.4, -0.2) is 47.8 Å². The number of aliphatic hydroxyl groups is 1. The van der Waals surface area contributed by atoms with Crippen LogP contribution in [0.3, 0.4) is 0 Å². The van der Waals surface area contributed by atoms with Gasteiger partial charge in [0, 0.05) is 26.2 Å². The van der Waals surface area contributed by atoms with Gasteiger partial charge in [-0.05, 0) is 6.42 Å². The second-order valence-electron chi connectivity index (χ2n) is 3.67. The molecule has 14 heavy (non-hydrogen) atoms. The maximum absolute atomic E-state index is 11.2. The molecule has 0 saturated carbocycles. The van der Waals surface area contributed by atoms with Gasteiger partial charge in [0.15, 0.2) is 5.72 Å². The fourth-order valence-electron chi connectivity index (χ4n) is 1.82. The van der Waals surface area contributed by atoms with E-state index in [1.807, 2.05) is 6.92 Å². The average Bonchev–Trinajstić information content (AvgIpc) is 2.19. The van der Waals surface area contributed by atoms with Crippen molar-refractivity contribution in [2.45, 2.75) is 25.5 Å². The van der Waals surface area contributed by atoms with Crippen LogP contribution in [0.25, 0.3) is 0 Å². The third-order valence-corrected chi connectivity index (χ3v) is 2.63. The van der Waals surface area contributed by atoms with Crippen LogP contribution in [0.2, 0.25) is 0 Å². The highest BCUT2D eigenvalue weighted by Crippen LogP contribution is 2.18. The smallest absolute Gasteiger partial charge is 0.264 e. The van der Waals surface area contributed by atoms with Crippen LogP contribution in [-0.2, 0) is 4.79 Å². The molecule has 1 aliphatic rings. The first kappa shape index (κ1) is 11.4. The van der Waals surface area contributed by atoms with E-state index >= 15 is 0 Å². The number of carbonyl (C=O) groups is 1. The zero-order valence-electron chi connectivity index (χ0n) is 8.62. The number of nitrogens with one attached hydrogen (secondary N) is 1. The summed E-state index contributed by atoms with van der Waals surface area (Å²) in [5, 5.41) is 13.3. The summed E-state index contributed by atoms with van der Waals surface area (Å²) in [6.07, 6.45) is 1.14. The molecule has 1 aliphatic heterocycles. The van der Waals surface area contributed by atoms with Gasteiger partial charge >= 0.3 is 0 Å². The number of nitrogens with two attached hydrogens (primary N) is 1. The summed E-state index contributed by atoms with van der Waals surface area (Å²) in [4.78, 5) is 13.0. The molecule has 5 nitrogen and oxygen atoms in total. The second-order valence-corrected chi connectivity index (χ2v) is 3.67. The number of nitrogens with zero attached hydrogens (tertiary/aromatic N) is 1. The minimum absolute atomic E-state index is 0.405. The van der Waals surface area contributed by atoms with Crippen molar-refractivity contribution in [2.75, 3.05) is 26.2 Å². The predicted molar refractivity (Wildman–Crippen MR) is 53.5 cm³/mol. The van der Waals surface area contributed by atoms with Crippen molar-refractivity contribution < 1.29 is 9.90 Å². The van der Waals surface area contributed by atoms with Gasteiger partial charge in [0.2, 0.25) is 0 Å². The molecule has 82 valence electrons. The molecule has 1 amide bonds. The molecule has 0 bridgehead atoms. The van der Waals surface area contributed by atoms with E-state index in [0.717, 1.165) is 19.5 Å². The van der Waals surface area contributed by atoms with Gasteiger partial charge in [0.25, 0.3) is 5.91 Å². The Morgan fingerprint density at radius 3 is 2.57 bits per heavy atom. The van der Waals surface area contributed by atoms with Gasteiger partial charge in [-0.3, -0.25) is 9.69 Å². The van der Waals surface area contributed by atoms with Crippen molar-refractivity contribution in [1.82, 2.24) is 10.2 Å². The van der Waals surface area contributed by atoms with Gasteiger partial charge in [-0.1, -0.05) is 13.3 Å². The maximum atomic E-state index is 11.2. The zero-order valence-corrected chi connectivity index (χ0v) is 8.62.